The van der Waals surface area contributed by atoms with Crippen LogP contribution in [-0.2, 0) is 0 Å². The zero-order chi connectivity index (χ0) is 35.8. The van der Waals surface area contributed by atoms with Crippen LogP contribution in [0.1, 0.15) is 0 Å². The summed E-state index contributed by atoms with van der Waals surface area (Å²) in [6.45, 7) is 0. The van der Waals surface area contributed by atoms with Crippen LogP contribution >= 0.6 is 0 Å². The van der Waals surface area contributed by atoms with Gasteiger partial charge in [-0.05, 0) is 104 Å². The molecule has 0 aliphatic rings. The van der Waals surface area contributed by atoms with Crippen LogP contribution in [0, 0.1) is 0 Å². The number of benzene rings is 10. The first-order valence-electron chi connectivity index (χ1n) is 18.9. The molecule has 0 radical (unpaired) electrons. The molecule has 3 nitrogen and oxygen atoms in total. The normalized spacial score (nSPS) is 12.4. The van der Waals surface area contributed by atoms with E-state index in [0.29, 0.717) is 0 Å². The van der Waals surface area contributed by atoms with Gasteiger partial charge in [0, 0.05) is 38.3 Å². The third kappa shape index (κ3) is 3.84. The Morgan fingerprint density at radius 3 is 1.64 bits per heavy atom. The lowest BCUT2D eigenvalue weighted by Gasteiger charge is -2.14. The number of furan rings is 1. The molecule has 3 heteroatoms. The predicted octanol–water partition coefficient (Wildman–Crippen LogP) is 14.4. The summed E-state index contributed by atoms with van der Waals surface area (Å²) in [6, 6.07) is 66.6. The molecule has 0 spiro atoms. The SMILES string of the molecule is c1ccc2cc(-n3c4ccccc4c4c3ccc3c5c6oc7ccccc7c6ccc5n(-c5ccc6c7ccccc7c7ccccc7c6c5)c34)ccc2c1. The molecule has 0 saturated heterocycles. The van der Waals surface area contributed by atoms with E-state index < -0.39 is 0 Å². The van der Waals surface area contributed by atoms with Gasteiger partial charge in [0.2, 0.25) is 0 Å². The summed E-state index contributed by atoms with van der Waals surface area (Å²) in [7, 11) is 0. The quantitative estimate of drug-likeness (QED) is 0.165. The Hall–Kier alpha value is -7.36. The Balaban J connectivity index is 1.23. The lowest BCUT2D eigenvalue weighted by molar-refractivity contribution is 0.673. The fraction of sp³-hybridized carbons (Fsp3) is 0. The first-order valence-corrected chi connectivity index (χ1v) is 18.9. The molecule has 0 saturated carbocycles. The Kier molecular flexibility index (Phi) is 5.63. The van der Waals surface area contributed by atoms with Crippen LogP contribution in [0.3, 0.4) is 0 Å². The van der Waals surface area contributed by atoms with Gasteiger partial charge in [0.25, 0.3) is 0 Å². The van der Waals surface area contributed by atoms with E-state index in [1.165, 1.54) is 75.8 Å². The van der Waals surface area contributed by atoms with Gasteiger partial charge in [-0.2, -0.15) is 0 Å². The lowest BCUT2D eigenvalue weighted by atomic mass is 9.94. The number of hydrogen-bond acceptors (Lipinski definition) is 1. The smallest absolute Gasteiger partial charge is 0.145 e. The van der Waals surface area contributed by atoms with Gasteiger partial charge in [0.1, 0.15) is 11.2 Å². The maximum Gasteiger partial charge on any atom is 0.145 e. The summed E-state index contributed by atoms with van der Waals surface area (Å²) >= 11 is 0. The molecule has 55 heavy (non-hydrogen) atoms. The van der Waals surface area contributed by atoms with E-state index in [1.807, 2.05) is 0 Å². The molecule has 0 aliphatic heterocycles. The van der Waals surface area contributed by atoms with E-state index >= 15 is 0 Å². The number of rotatable bonds is 2. The van der Waals surface area contributed by atoms with Crippen LogP contribution in [0.5, 0.6) is 0 Å². The molecule has 0 fully saturated rings. The first kappa shape index (κ1) is 29.1. The average Bonchev–Trinajstić information content (AvgIpc) is 3.91. The maximum absolute atomic E-state index is 6.80. The van der Waals surface area contributed by atoms with Crippen molar-refractivity contribution in [1.82, 2.24) is 9.13 Å². The van der Waals surface area contributed by atoms with Gasteiger partial charge in [-0.15, -0.1) is 0 Å². The Morgan fingerprint density at radius 2 is 0.855 bits per heavy atom. The van der Waals surface area contributed by atoms with Crippen LogP contribution in [0.2, 0.25) is 0 Å². The van der Waals surface area contributed by atoms with Crippen LogP contribution in [0.4, 0.5) is 0 Å². The zero-order valence-electron chi connectivity index (χ0n) is 29.6. The van der Waals surface area contributed by atoms with Crippen LogP contribution in [-0.4, -0.2) is 9.13 Å². The molecule has 13 aromatic rings. The molecule has 3 heterocycles. The molecule has 0 amide bonds. The lowest BCUT2D eigenvalue weighted by Crippen LogP contribution is -1.96. The highest BCUT2D eigenvalue weighted by Crippen LogP contribution is 2.46. The van der Waals surface area contributed by atoms with E-state index in [-0.39, 0.29) is 0 Å². The summed E-state index contributed by atoms with van der Waals surface area (Å²) < 4.78 is 11.7. The number of aromatic nitrogens is 2. The van der Waals surface area contributed by atoms with E-state index in [9.17, 15) is 0 Å². The average molecular weight is 699 g/mol. The molecule has 0 bridgehead atoms. The van der Waals surface area contributed by atoms with Crippen LogP contribution in [0.25, 0.3) is 120 Å². The van der Waals surface area contributed by atoms with Crippen molar-refractivity contribution in [3.05, 3.63) is 182 Å². The van der Waals surface area contributed by atoms with Crippen molar-refractivity contribution in [2.45, 2.75) is 0 Å². The van der Waals surface area contributed by atoms with Crippen molar-refractivity contribution in [2.75, 3.05) is 0 Å². The number of hydrogen-bond donors (Lipinski definition) is 0. The van der Waals surface area contributed by atoms with Gasteiger partial charge in [0.05, 0.1) is 27.5 Å². The van der Waals surface area contributed by atoms with Crippen molar-refractivity contribution < 1.29 is 4.42 Å². The monoisotopic (exact) mass is 698 g/mol. The number of fused-ring (bicyclic) bond motifs is 18. The Bertz CT molecular complexity index is 3750. The molecule has 0 atom stereocenters. The van der Waals surface area contributed by atoms with Gasteiger partial charge in [0.15, 0.2) is 0 Å². The summed E-state index contributed by atoms with van der Waals surface area (Å²) in [5, 5.41) is 17.1. The predicted molar refractivity (Wildman–Crippen MR) is 232 cm³/mol. The highest BCUT2D eigenvalue weighted by atomic mass is 16.3. The summed E-state index contributed by atoms with van der Waals surface area (Å²) in [6.07, 6.45) is 0. The molecular formula is C52H30N2O. The van der Waals surface area contributed by atoms with Crippen LogP contribution in [0.15, 0.2) is 186 Å². The first-order chi connectivity index (χ1) is 27.3. The van der Waals surface area contributed by atoms with Gasteiger partial charge in [-0.1, -0.05) is 121 Å². The molecule has 3 aromatic heterocycles. The van der Waals surface area contributed by atoms with Crippen molar-refractivity contribution in [3.63, 3.8) is 0 Å². The maximum atomic E-state index is 6.80. The fourth-order valence-electron chi connectivity index (χ4n) is 9.72. The third-order valence-electron chi connectivity index (χ3n) is 12.0. The molecule has 13 rings (SSSR count). The largest absolute Gasteiger partial charge is 0.455 e. The van der Waals surface area contributed by atoms with Gasteiger partial charge in [-0.3, -0.25) is 0 Å². The third-order valence-corrected chi connectivity index (χ3v) is 12.0. The van der Waals surface area contributed by atoms with Gasteiger partial charge < -0.3 is 13.6 Å². The minimum atomic E-state index is 0.906. The summed E-state index contributed by atoms with van der Waals surface area (Å²) in [5.74, 6) is 0. The molecule has 0 aliphatic carbocycles. The molecule has 254 valence electrons. The van der Waals surface area contributed by atoms with E-state index in [0.717, 1.165) is 44.2 Å². The number of nitrogens with zero attached hydrogens (tertiary/aromatic N) is 2. The second kappa shape index (κ2) is 10.6. The Labute approximate surface area is 314 Å². The van der Waals surface area contributed by atoms with Crippen LogP contribution < -0.4 is 0 Å². The second-order valence-corrected chi connectivity index (χ2v) is 14.8. The highest BCUT2D eigenvalue weighted by molar-refractivity contribution is 6.31. The minimum absolute atomic E-state index is 0.906. The van der Waals surface area contributed by atoms with E-state index in [4.69, 9.17) is 4.42 Å². The van der Waals surface area contributed by atoms with Crippen molar-refractivity contribution in [3.8, 4) is 11.4 Å². The van der Waals surface area contributed by atoms with Crippen molar-refractivity contribution >= 4 is 109 Å². The van der Waals surface area contributed by atoms with Crippen molar-refractivity contribution in [1.29, 1.82) is 0 Å². The summed E-state index contributed by atoms with van der Waals surface area (Å²) in [5.41, 5.74) is 8.77. The standard InChI is InChI=1S/C52H30N2O/c1-2-12-32-29-33(22-21-31(32)11-1)53-45-19-9-7-18-42(45)49-46(53)28-26-43-50-47(27-25-41-40-17-8-10-20-48(40)55-52(41)50)54(51(43)49)34-23-24-39-37-15-4-3-13-35(37)36-14-5-6-16-38(36)44(39)30-34/h1-30H. The van der Waals surface area contributed by atoms with E-state index in [1.54, 1.807) is 0 Å². The second-order valence-electron chi connectivity index (χ2n) is 14.8. The molecule has 0 N–H and O–H groups in total. The summed E-state index contributed by atoms with van der Waals surface area (Å²) in [4.78, 5) is 0. The topological polar surface area (TPSA) is 23.0 Å². The fourth-order valence-corrected chi connectivity index (χ4v) is 9.72. The molecule has 0 unspecified atom stereocenters. The minimum Gasteiger partial charge on any atom is -0.455 e. The van der Waals surface area contributed by atoms with Gasteiger partial charge >= 0.3 is 0 Å². The Morgan fingerprint density at radius 1 is 0.309 bits per heavy atom. The van der Waals surface area contributed by atoms with Gasteiger partial charge in [-0.25, -0.2) is 0 Å². The highest BCUT2D eigenvalue weighted by Gasteiger charge is 2.24. The molecule has 10 aromatic carbocycles. The van der Waals surface area contributed by atoms with E-state index in [2.05, 4.69) is 191 Å². The zero-order valence-corrected chi connectivity index (χ0v) is 29.6. The molecular weight excluding hydrogens is 669 g/mol. The number of para-hydroxylation sites is 2. The van der Waals surface area contributed by atoms with Crippen molar-refractivity contribution in [2.24, 2.45) is 0 Å².